The van der Waals surface area contributed by atoms with Crippen LogP contribution in [0.5, 0.6) is 0 Å². The van der Waals surface area contributed by atoms with E-state index in [0.29, 0.717) is 5.92 Å². The van der Waals surface area contributed by atoms with E-state index in [2.05, 4.69) is 45.3 Å². The molecule has 0 atom stereocenters. The molecule has 2 heterocycles. The summed E-state index contributed by atoms with van der Waals surface area (Å²) in [7, 11) is 0. The first-order valence-corrected chi connectivity index (χ1v) is 7.14. The van der Waals surface area contributed by atoms with E-state index >= 15 is 0 Å². The van der Waals surface area contributed by atoms with Crippen molar-refractivity contribution in [3.63, 3.8) is 0 Å². The van der Waals surface area contributed by atoms with Crippen LogP contribution in [-0.4, -0.2) is 21.1 Å². The van der Waals surface area contributed by atoms with Gasteiger partial charge in [0.15, 0.2) is 0 Å². The molecule has 4 nitrogen and oxygen atoms in total. The fraction of sp³-hybridized carbons (Fsp3) is 0.538. The standard InChI is InChI=1S/C13H20N4S/c1-10(2)4-14-5-12-6-17(9-15-12)7-13-16-11(3)8-18-13/h6,8-10,14H,4-5,7H2,1-3H3. The predicted octanol–water partition coefficient (Wildman–Crippen LogP) is 2.44. The lowest BCUT2D eigenvalue weighted by Crippen LogP contribution is -2.19. The highest BCUT2D eigenvalue weighted by atomic mass is 32.1. The second-order valence-corrected chi connectivity index (χ2v) is 5.89. The number of imidazole rings is 1. The molecule has 18 heavy (non-hydrogen) atoms. The minimum atomic E-state index is 0.672. The fourth-order valence-corrected chi connectivity index (χ4v) is 2.48. The van der Waals surface area contributed by atoms with Crippen molar-refractivity contribution >= 4 is 11.3 Å². The molecule has 2 aromatic rings. The molecule has 0 amide bonds. The van der Waals surface area contributed by atoms with E-state index in [4.69, 9.17) is 0 Å². The zero-order chi connectivity index (χ0) is 13.0. The summed E-state index contributed by atoms with van der Waals surface area (Å²) in [6.07, 6.45) is 3.97. The van der Waals surface area contributed by atoms with Crippen molar-refractivity contribution in [1.82, 2.24) is 19.9 Å². The molecule has 5 heteroatoms. The summed E-state index contributed by atoms with van der Waals surface area (Å²) < 4.78 is 2.09. The van der Waals surface area contributed by atoms with Crippen molar-refractivity contribution in [2.45, 2.75) is 33.9 Å². The first-order valence-electron chi connectivity index (χ1n) is 6.26. The minimum absolute atomic E-state index is 0.672. The molecular weight excluding hydrogens is 244 g/mol. The van der Waals surface area contributed by atoms with E-state index in [0.717, 1.165) is 36.0 Å². The maximum atomic E-state index is 4.45. The number of thiazole rings is 1. The number of aromatic nitrogens is 3. The maximum absolute atomic E-state index is 4.45. The van der Waals surface area contributed by atoms with Gasteiger partial charge in [0.1, 0.15) is 5.01 Å². The number of nitrogens with zero attached hydrogens (tertiary/aromatic N) is 3. The lowest BCUT2D eigenvalue weighted by Gasteiger charge is -2.04. The molecule has 0 aliphatic heterocycles. The molecule has 0 bridgehead atoms. The van der Waals surface area contributed by atoms with E-state index in [1.165, 1.54) is 0 Å². The van der Waals surface area contributed by atoms with Crippen LogP contribution in [0.3, 0.4) is 0 Å². The third-order valence-electron chi connectivity index (χ3n) is 2.53. The van der Waals surface area contributed by atoms with Gasteiger partial charge in [-0.1, -0.05) is 13.8 Å². The van der Waals surface area contributed by atoms with Gasteiger partial charge in [-0.25, -0.2) is 9.97 Å². The van der Waals surface area contributed by atoms with Crippen molar-refractivity contribution in [3.8, 4) is 0 Å². The zero-order valence-electron chi connectivity index (χ0n) is 11.2. The highest BCUT2D eigenvalue weighted by molar-refractivity contribution is 7.09. The lowest BCUT2D eigenvalue weighted by molar-refractivity contribution is 0.548. The summed E-state index contributed by atoms with van der Waals surface area (Å²) in [5.74, 6) is 0.672. The van der Waals surface area contributed by atoms with Crippen molar-refractivity contribution < 1.29 is 0 Å². The molecule has 1 N–H and O–H groups in total. The van der Waals surface area contributed by atoms with Gasteiger partial charge in [-0.3, -0.25) is 0 Å². The Morgan fingerprint density at radius 2 is 2.28 bits per heavy atom. The third-order valence-corrected chi connectivity index (χ3v) is 3.48. The Morgan fingerprint density at radius 1 is 1.44 bits per heavy atom. The van der Waals surface area contributed by atoms with Crippen LogP contribution < -0.4 is 5.32 Å². The smallest absolute Gasteiger partial charge is 0.113 e. The van der Waals surface area contributed by atoms with Crippen LogP contribution in [0.1, 0.15) is 30.2 Å². The Morgan fingerprint density at radius 3 is 2.94 bits per heavy atom. The summed E-state index contributed by atoms with van der Waals surface area (Å²) >= 11 is 1.70. The molecule has 0 unspecified atom stereocenters. The van der Waals surface area contributed by atoms with Crippen molar-refractivity contribution in [2.75, 3.05) is 6.54 Å². The summed E-state index contributed by atoms with van der Waals surface area (Å²) in [6.45, 7) is 9.11. The van der Waals surface area contributed by atoms with Crippen molar-refractivity contribution in [2.24, 2.45) is 5.92 Å². The molecule has 98 valence electrons. The third kappa shape index (κ3) is 3.92. The Kier molecular flexibility index (Phi) is 4.49. The van der Waals surface area contributed by atoms with Crippen LogP contribution in [-0.2, 0) is 13.1 Å². The van der Waals surface area contributed by atoms with E-state index in [9.17, 15) is 0 Å². The highest BCUT2D eigenvalue weighted by Gasteiger charge is 2.03. The van der Waals surface area contributed by atoms with E-state index in [1.54, 1.807) is 11.3 Å². The topological polar surface area (TPSA) is 42.7 Å². The number of hydrogen-bond donors (Lipinski definition) is 1. The van der Waals surface area contributed by atoms with E-state index in [1.807, 2.05) is 13.3 Å². The zero-order valence-corrected chi connectivity index (χ0v) is 12.0. The van der Waals surface area contributed by atoms with E-state index in [-0.39, 0.29) is 0 Å². The van der Waals surface area contributed by atoms with Gasteiger partial charge in [-0.05, 0) is 19.4 Å². The summed E-state index contributed by atoms with van der Waals surface area (Å²) in [5, 5.41) is 6.61. The Labute approximate surface area is 112 Å². The first-order chi connectivity index (χ1) is 8.63. The summed E-state index contributed by atoms with van der Waals surface area (Å²) in [5.41, 5.74) is 2.18. The predicted molar refractivity (Wildman–Crippen MR) is 74.7 cm³/mol. The first kappa shape index (κ1) is 13.2. The largest absolute Gasteiger partial charge is 0.330 e. The Balaban J connectivity index is 1.86. The van der Waals surface area contributed by atoms with Gasteiger partial charge in [0.25, 0.3) is 0 Å². The SMILES string of the molecule is Cc1csc(Cn2cnc(CNCC(C)C)c2)n1. The molecule has 0 radical (unpaired) electrons. The molecule has 0 aliphatic rings. The Bertz CT molecular complexity index is 487. The summed E-state index contributed by atoms with van der Waals surface area (Å²) in [6, 6.07) is 0. The van der Waals surface area contributed by atoms with Gasteiger partial charge in [0, 0.05) is 23.8 Å². The van der Waals surface area contributed by atoms with Gasteiger partial charge >= 0.3 is 0 Å². The monoisotopic (exact) mass is 264 g/mol. The van der Waals surface area contributed by atoms with Crippen molar-refractivity contribution in [3.05, 3.63) is 34.3 Å². The number of aryl methyl sites for hydroxylation is 1. The molecular formula is C13H20N4S. The van der Waals surface area contributed by atoms with E-state index < -0.39 is 0 Å². The fourth-order valence-electron chi connectivity index (χ4n) is 1.70. The van der Waals surface area contributed by atoms with Gasteiger partial charge in [0.2, 0.25) is 0 Å². The van der Waals surface area contributed by atoms with Gasteiger partial charge in [-0.2, -0.15) is 0 Å². The maximum Gasteiger partial charge on any atom is 0.113 e. The molecule has 0 spiro atoms. The second-order valence-electron chi connectivity index (χ2n) is 4.94. The number of nitrogens with one attached hydrogen (secondary N) is 1. The average molecular weight is 264 g/mol. The molecule has 0 saturated carbocycles. The minimum Gasteiger partial charge on any atom is -0.330 e. The molecule has 0 saturated heterocycles. The van der Waals surface area contributed by atoms with Crippen LogP contribution in [0.4, 0.5) is 0 Å². The molecule has 0 aliphatic carbocycles. The van der Waals surface area contributed by atoms with Crippen molar-refractivity contribution in [1.29, 1.82) is 0 Å². The number of hydrogen-bond acceptors (Lipinski definition) is 4. The van der Waals surface area contributed by atoms with Gasteiger partial charge in [-0.15, -0.1) is 11.3 Å². The normalized spacial score (nSPS) is 11.3. The molecule has 0 aromatic carbocycles. The van der Waals surface area contributed by atoms with Gasteiger partial charge in [0.05, 0.1) is 18.6 Å². The van der Waals surface area contributed by atoms with Crippen LogP contribution in [0.15, 0.2) is 17.9 Å². The molecule has 2 aromatic heterocycles. The molecule has 2 rings (SSSR count). The van der Waals surface area contributed by atoms with Crippen LogP contribution >= 0.6 is 11.3 Å². The van der Waals surface area contributed by atoms with Gasteiger partial charge < -0.3 is 9.88 Å². The Hall–Kier alpha value is -1.20. The lowest BCUT2D eigenvalue weighted by atomic mass is 10.2. The molecule has 0 fully saturated rings. The van der Waals surface area contributed by atoms with Crippen LogP contribution in [0.2, 0.25) is 0 Å². The number of rotatable bonds is 6. The second kappa shape index (κ2) is 6.11. The quantitative estimate of drug-likeness (QED) is 0.871. The highest BCUT2D eigenvalue weighted by Crippen LogP contribution is 2.10. The van der Waals surface area contributed by atoms with Crippen LogP contribution in [0.25, 0.3) is 0 Å². The summed E-state index contributed by atoms with van der Waals surface area (Å²) in [4.78, 5) is 8.85. The van der Waals surface area contributed by atoms with Crippen LogP contribution in [0, 0.1) is 12.8 Å². The average Bonchev–Trinajstić information content (AvgIpc) is 2.89.